The average molecular weight is 410 g/mol. The largest absolute Gasteiger partial charge is 0.416 e. The minimum Gasteiger partial charge on any atom is -0.334 e. The Morgan fingerprint density at radius 1 is 1.00 bits per heavy atom. The zero-order valence-corrected chi connectivity index (χ0v) is 14.9. The van der Waals surface area contributed by atoms with E-state index in [0.717, 1.165) is 12.1 Å². The van der Waals surface area contributed by atoms with Crippen LogP contribution in [0.15, 0.2) is 42.7 Å². The van der Waals surface area contributed by atoms with Gasteiger partial charge in [0.15, 0.2) is 0 Å². The summed E-state index contributed by atoms with van der Waals surface area (Å²) >= 11 is 6.23. The number of rotatable bonds is 3. The minimum absolute atomic E-state index is 0.158. The van der Waals surface area contributed by atoms with Crippen molar-refractivity contribution < 1.29 is 17.6 Å². The van der Waals surface area contributed by atoms with Gasteiger partial charge in [-0.3, -0.25) is 4.98 Å². The van der Waals surface area contributed by atoms with Crippen LogP contribution in [-0.2, 0) is 6.18 Å². The molecule has 0 unspecified atom stereocenters. The Morgan fingerprint density at radius 2 is 1.71 bits per heavy atom. The molecule has 0 bridgehead atoms. The number of hydrogen-bond acceptors (Lipinski definition) is 5. The van der Waals surface area contributed by atoms with E-state index in [1.54, 1.807) is 11.0 Å². The molecule has 0 N–H and O–H groups in total. The maximum atomic E-state index is 13.2. The van der Waals surface area contributed by atoms with Crippen LogP contribution in [0.2, 0.25) is 5.02 Å². The Hall–Kier alpha value is -2.81. The van der Waals surface area contributed by atoms with Crippen molar-refractivity contribution in [2.24, 2.45) is 0 Å². The van der Waals surface area contributed by atoms with Gasteiger partial charge in [0.1, 0.15) is 17.6 Å². The molecule has 1 aromatic carbocycles. The molecule has 5 nitrogen and oxygen atoms in total. The van der Waals surface area contributed by atoms with Gasteiger partial charge in [0.2, 0.25) is 5.95 Å². The highest BCUT2D eigenvalue weighted by Gasteiger charge is 2.31. The van der Waals surface area contributed by atoms with Crippen LogP contribution in [0, 0.1) is 0 Å². The lowest BCUT2D eigenvalue weighted by molar-refractivity contribution is -0.137. The summed E-state index contributed by atoms with van der Waals surface area (Å²) in [6.07, 6.45) is -2.45. The highest BCUT2D eigenvalue weighted by molar-refractivity contribution is 6.33. The maximum Gasteiger partial charge on any atom is 0.416 e. The molecule has 1 saturated heterocycles. The fourth-order valence-corrected chi connectivity index (χ4v) is 3.01. The summed E-state index contributed by atoms with van der Waals surface area (Å²) in [5.74, 6) is 0.229. The number of halogens is 5. The third-order valence-electron chi connectivity index (χ3n) is 4.31. The van der Waals surface area contributed by atoms with Gasteiger partial charge in [0.05, 0.1) is 23.7 Å². The third-order valence-corrected chi connectivity index (χ3v) is 4.61. The molecule has 144 valence electrons. The fraction of sp³-hybridized carbons (Fsp3) is 0.222. The zero-order chi connectivity index (χ0) is 19.9. The van der Waals surface area contributed by atoms with Gasteiger partial charge in [-0.25, -0.2) is 9.37 Å². The molecule has 0 saturated carbocycles. The molecule has 0 aliphatic carbocycles. The third kappa shape index (κ3) is 3.49. The van der Waals surface area contributed by atoms with Crippen LogP contribution >= 0.6 is 11.6 Å². The van der Waals surface area contributed by atoms with Crippen LogP contribution in [0.3, 0.4) is 0 Å². The van der Waals surface area contributed by atoms with Gasteiger partial charge in [0.25, 0.3) is 0 Å². The highest BCUT2D eigenvalue weighted by atomic mass is 35.5. The first kappa shape index (κ1) is 18.5. The van der Waals surface area contributed by atoms with Gasteiger partial charge in [0, 0.05) is 23.5 Å². The number of nitrogens with zero attached hydrogens (tertiary/aromatic N) is 5. The molecule has 0 amide bonds. The van der Waals surface area contributed by atoms with Crippen molar-refractivity contribution in [1.29, 1.82) is 0 Å². The fourth-order valence-electron chi connectivity index (χ4n) is 2.81. The molecule has 3 heterocycles. The second-order valence-electron chi connectivity index (χ2n) is 6.24. The van der Waals surface area contributed by atoms with Gasteiger partial charge in [-0.2, -0.15) is 13.2 Å². The Kier molecular flexibility index (Phi) is 4.62. The summed E-state index contributed by atoms with van der Waals surface area (Å²) in [6.45, 7) is 0.315. The van der Waals surface area contributed by atoms with Crippen molar-refractivity contribution >= 4 is 17.5 Å². The predicted molar refractivity (Wildman–Crippen MR) is 95.6 cm³/mol. The van der Waals surface area contributed by atoms with E-state index in [1.165, 1.54) is 24.5 Å². The molecular formula is C18H12ClF4N5. The minimum atomic E-state index is -4.44. The molecule has 3 aromatic rings. The van der Waals surface area contributed by atoms with E-state index >= 15 is 0 Å². The number of alkyl halides is 4. The van der Waals surface area contributed by atoms with Crippen molar-refractivity contribution in [3.63, 3.8) is 0 Å². The standard InChI is InChI=1S/C18H12ClF4N5/c19-14-7-24-6-5-13(14)16-15(10-1-3-11(4-2-10)18(21,22)23)26-27-17(25-16)28-8-12(20)9-28/h1-7,12H,8-9H2. The summed E-state index contributed by atoms with van der Waals surface area (Å²) in [5, 5.41) is 8.47. The molecule has 1 aliphatic rings. The SMILES string of the molecule is FC1CN(c2nnc(-c3ccc(C(F)(F)F)cc3)c(-c3ccncc3Cl)n2)C1. The van der Waals surface area contributed by atoms with Crippen LogP contribution in [0.5, 0.6) is 0 Å². The van der Waals surface area contributed by atoms with E-state index in [-0.39, 0.29) is 24.7 Å². The number of hydrogen-bond donors (Lipinski definition) is 0. The molecule has 0 spiro atoms. The molecule has 1 fully saturated rings. The monoisotopic (exact) mass is 409 g/mol. The second-order valence-corrected chi connectivity index (χ2v) is 6.65. The van der Waals surface area contributed by atoms with E-state index in [2.05, 4.69) is 20.2 Å². The van der Waals surface area contributed by atoms with E-state index in [4.69, 9.17) is 11.6 Å². The molecule has 10 heteroatoms. The summed E-state index contributed by atoms with van der Waals surface area (Å²) in [6, 6.07) is 6.15. The van der Waals surface area contributed by atoms with Gasteiger partial charge >= 0.3 is 6.18 Å². The van der Waals surface area contributed by atoms with Gasteiger partial charge < -0.3 is 4.90 Å². The lowest BCUT2D eigenvalue weighted by Gasteiger charge is -2.34. The Morgan fingerprint density at radius 3 is 2.32 bits per heavy atom. The van der Waals surface area contributed by atoms with Gasteiger partial charge in [-0.15, -0.1) is 10.2 Å². The van der Waals surface area contributed by atoms with Crippen LogP contribution in [-0.4, -0.2) is 39.4 Å². The first-order valence-corrected chi connectivity index (χ1v) is 8.62. The topological polar surface area (TPSA) is 54.8 Å². The molecule has 0 radical (unpaired) electrons. The number of pyridine rings is 1. The Balaban J connectivity index is 1.81. The number of benzene rings is 1. The van der Waals surface area contributed by atoms with E-state index in [1.807, 2.05) is 0 Å². The van der Waals surface area contributed by atoms with Gasteiger partial charge in [-0.1, -0.05) is 23.7 Å². The maximum absolute atomic E-state index is 13.2. The summed E-state index contributed by atoms with van der Waals surface area (Å²) in [5.41, 5.74) is 0.726. The van der Waals surface area contributed by atoms with E-state index in [9.17, 15) is 17.6 Å². The first-order chi connectivity index (χ1) is 13.3. The molecule has 28 heavy (non-hydrogen) atoms. The van der Waals surface area contributed by atoms with Crippen LogP contribution < -0.4 is 4.90 Å². The lowest BCUT2D eigenvalue weighted by atomic mass is 10.0. The van der Waals surface area contributed by atoms with E-state index in [0.29, 0.717) is 21.8 Å². The molecular weight excluding hydrogens is 398 g/mol. The van der Waals surface area contributed by atoms with Crippen molar-refractivity contribution in [3.8, 4) is 22.5 Å². The van der Waals surface area contributed by atoms with Crippen LogP contribution in [0.1, 0.15) is 5.56 Å². The molecule has 1 aliphatic heterocycles. The predicted octanol–water partition coefficient (Wildman–Crippen LogP) is 4.43. The highest BCUT2D eigenvalue weighted by Crippen LogP contribution is 2.36. The van der Waals surface area contributed by atoms with Crippen molar-refractivity contribution in [2.45, 2.75) is 12.3 Å². The van der Waals surface area contributed by atoms with Crippen LogP contribution in [0.25, 0.3) is 22.5 Å². The Bertz CT molecular complexity index is 1000. The summed E-state index contributed by atoms with van der Waals surface area (Å²) in [4.78, 5) is 10.0. The Labute approximate surface area is 162 Å². The van der Waals surface area contributed by atoms with Crippen molar-refractivity contribution in [2.75, 3.05) is 18.0 Å². The molecule has 0 atom stereocenters. The quantitative estimate of drug-likeness (QED) is 0.599. The van der Waals surface area contributed by atoms with Crippen molar-refractivity contribution in [3.05, 3.63) is 53.3 Å². The summed E-state index contributed by atoms with van der Waals surface area (Å²) < 4.78 is 51.7. The second kappa shape index (κ2) is 6.97. The smallest absolute Gasteiger partial charge is 0.334 e. The molecule has 2 aromatic heterocycles. The first-order valence-electron chi connectivity index (χ1n) is 8.24. The molecule has 4 rings (SSSR count). The van der Waals surface area contributed by atoms with Crippen molar-refractivity contribution in [1.82, 2.24) is 20.2 Å². The number of anilines is 1. The zero-order valence-electron chi connectivity index (χ0n) is 14.2. The average Bonchev–Trinajstić information content (AvgIpc) is 2.65. The van der Waals surface area contributed by atoms with Crippen LogP contribution in [0.4, 0.5) is 23.5 Å². The van der Waals surface area contributed by atoms with Gasteiger partial charge in [-0.05, 0) is 18.2 Å². The van der Waals surface area contributed by atoms with E-state index < -0.39 is 17.9 Å². The number of aromatic nitrogens is 4. The lowest BCUT2D eigenvalue weighted by Crippen LogP contribution is -2.49. The normalized spacial score (nSPS) is 14.8. The summed E-state index contributed by atoms with van der Waals surface area (Å²) in [7, 11) is 0.